The molecule has 4 heteroatoms. The van der Waals surface area contributed by atoms with Gasteiger partial charge < -0.3 is 10.2 Å². The number of nitrogens with zero attached hydrogens (tertiary/aromatic N) is 1. The van der Waals surface area contributed by atoms with Crippen molar-refractivity contribution in [2.45, 2.75) is 19.4 Å². The minimum Gasteiger partial charge on any atom is -0.367 e. The van der Waals surface area contributed by atoms with Crippen molar-refractivity contribution < 1.29 is 9.18 Å². The van der Waals surface area contributed by atoms with Gasteiger partial charge in [-0.3, -0.25) is 4.79 Å². The lowest BCUT2D eigenvalue weighted by molar-refractivity contribution is 0.0954. The molecule has 3 aromatic rings. The smallest absolute Gasteiger partial charge is 0.251 e. The molecule has 1 aliphatic rings. The summed E-state index contributed by atoms with van der Waals surface area (Å²) < 4.78 is 12.9. The number of halogens is 1. The van der Waals surface area contributed by atoms with Crippen LogP contribution in [0.4, 0.5) is 10.1 Å². The highest BCUT2D eigenvalue weighted by atomic mass is 19.1. The Kier molecular flexibility index (Phi) is 5.38. The van der Waals surface area contributed by atoms with Crippen LogP contribution < -0.4 is 10.2 Å². The quantitative estimate of drug-likeness (QED) is 0.720. The third-order valence-corrected chi connectivity index (χ3v) is 5.24. The molecule has 0 aromatic heterocycles. The van der Waals surface area contributed by atoms with Gasteiger partial charge in [-0.05, 0) is 65.9 Å². The number of rotatable bonds is 5. The number of carbonyl (C=O) groups is 1. The van der Waals surface area contributed by atoms with E-state index in [1.807, 2.05) is 0 Å². The Bertz CT molecular complexity index is 951. The molecule has 3 aromatic carbocycles. The molecule has 0 radical (unpaired) electrons. The Morgan fingerprint density at radius 1 is 0.929 bits per heavy atom. The van der Waals surface area contributed by atoms with E-state index in [-0.39, 0.29) is 11.7 Å². The third-order valence-electron chi connectivity index (χ3n) is 5.24. The van der Waals surface area contributed by atoms with E-state index < -0.39 is 0 Å². The van der Waals surface area contributed by atoms with Crippen LogP contribution in [0, 0.1) is 5.82 Å². The summed E-state index contributed by atoms with van der Waals surface area (Å²) in [6.45, 7) is 2.53. The Hall–Kier alpha value is -3.14. The third kappa shape index (κ3) is 4.22. The van der Waals surface area contributed by atoms with Crippen LogP contribution in [-0.4, -0.2) is 19.0 Å². The fraction of sp³-hybridized carbons (Fsp3) is 0.208. The molecule has 1 aliphatic heterocycles. The minimum absolute atomic E-state index is 0.177. The van der Waals surface area contributed by atoms with Crippen LogP contribution in [0.5, 0.6) is 0 Å². The maximum Gasteiger partial charge on any atom is 0.251 e. The zero-order chi connectivity index (χ0) is 19.3. The van der Waals surface area contributed by atoms with E-state index in [1.165, 1.54) is 46.6 Å². The molecule has 142 valence electrons. The van der Waals surface area contributed by atoms with Gasteiger partial charge in [0.05, 0.1) is 0 Å². The fourth-order valence-electron chi connectivity index (χ4n) is 3.61. The van der Waals surface area contributed by atoms with Crippen molar-refractivity contribution in [3.63, 3.8) is 0 Å². The van der Waals surface area contributed by atoms with Crippen molar-refractivity contribution in [2.75, 3.05) is 18.0 Å². The van der Waals surface area contributed by atoms with Gasteiger partial charge in [0.1, 0.15) is 5.82 Å². The second kappa shape index (κ2) is 8.26. The second-order valence-corrected chi connectivity index (χ2v) is 7.12. The highest BCUT2D eigenvalue weighted by Gasteiger charge is 2.15. The summed E-state index contributed by atoms with van der Waals surface area (Å²) in [7, 11) is 0. The molecule has 4 rings (SSSR count). The van der Waals surface area contributed by atoms with E-state index in [4.69, 9.17) is 0 Å². The Morgan fingerprint density at radius 3 is 2.39 bits per heavy atom. The van der Waals surface area contributed by atoms with Gasteiger partial charge in [-0.15, -0.1) is 0 Å². The summed E-state index contributed by atoms with van der Waals surface area (Å²) in [6.07, 6.45) is 1.84. The molecule has 0 atom stereocenters. The topological polar surface area (TPSA) is 32.3 Å². The molecule has 28 heavy (non-hydrogen) atoms. The van der Waals surface area contributed by atoms with E-state index >= 15 is 0 Å². The van der Waals surface area contributed by atoms with Gasteiger partial charge in [0, 0.05) is 30.9 Å². The molecule has 0 unspecified atom stereocenters. The van der Waals surface area contributed by atoms with E-state index in [0.29, 0.717) is 12.1 Å². The van der Waals surface area contributed by atoms with Crippen molar-refractivity contribution >= 4 is 11.6 Å². The number of carbonyl (C=O) groups excluding carboxylic acids is 1. The van der Waals surface area contributed by atoms with Crippen molar-refractivity contribution in [3.05, 3.63) is 101 Å². The van der Waals surface area contributed by atoms with Crippen molar-refractivity contribution in [1.29, 1.82) is 0 Å². The van der Waals surface area contributed by atoms with E-state index in [0.717, 1.165) is 25.9 Å². The summed E-state index contributed by atoms with van der Waals surface area (Å²) >= 11 is 0. The monoisotopic (exact) mass is 374 g/mol. The van der Waals surface area contributed by atoms with Crippen LogP contribution in [-0.2, 0) is 19.4 Å². The first-order valence-corrected chi connectivity index (χ1v) is 9.63. The average Bonchev–Trinajstić information content (AvgIpc) is 2.74. The number of hydrogen-bond donors (Lipinski definition) is 1. The fourth-order valence-corrected chi connectivity index (χ4v) is 3.61. The lowest BCUT2D eigenvalue weighted by Gasteiger charge is -2.30. The van der Waals surface area contributed by atoms with Gasteiger partial charge in [-0.1, -0.05) is 36.4 Å². The summed E-state index contributed by atoms with van der Waals surface area (Å²) in [5, 5.41) is 2.88. The Morgan fingerprint density at radius 2 is 1.64 bits per heavy atom. The lowest BCUT2D eigenvalue weighted by atomic mass is 9.99. The van der Waals surface area contributed by atoms with Crippen LogP contribution in [0.15, 0.2) is 72.8 Å². The van der Waals surface area contributed by atoms with Crippen molar-refractivity contribution in [2.24, 2.45) is 0 Å². The number of benzene rings is 3. The Labute approximate surface area is 164 Å². The molecule has 0 fully saturated rings. The number of nitrogens with one attached hydrogen (secondary N) is 1. The highest BCUT2D eigenvalue weighted by Crippen LogP contribution is 2.24. The van der Waals surface area contributed by atoms with Gasteiger partial charge in [0.2, 0.25) is 0 Å². The largest absolute Gasteiger partial charge is 0.367 e. The van der Waals surface area contributed by atoms with Crippen LogP contribution in [0.2, 0.25) is 0 Å². The average molecular weight is 374 g/mol. The maximum absolute atomic E-state index is 12.9. The molecule has 0 bridgehead atoms. The highest BCUT2D eigenvalue weighted by molar-refractivity contribution is 5.94. The lowest BCUT2D eigenvalue weighted by Crippen LogP contribution is -2.30. The van der Waals surface area contributed by atoms with Crippen LogP contribution in [0.3, 0.4) is 0 Å². The SMILES string of the molecule is O=C(NCCc1ccc(N2CCc3ccccc3C2)cc1)c1ccc(F)cc1. The molecule has 1 heterocycles. The molecular weight excluding hydrogens is 351 g/mol. The van der Waals surface area contributed by atoms with Gasteiger partial charge >= 0.3 is 0 Å². The molecule has 1 N–H and O–H groups in total. The van der Waals surface area contributed by atoms with Crippen molar-refractivity contribution in [3.8, 4) is 0 Å². The van der Waals surface area contributed by atoms with Crippen LogP contribution in [0.25, 0.3) is 0 Å². The van der Waals surface area contributed by atoms with Gasteiger partial charge in [0.15, 0.2) is 0 Å². The summed E-state index contributed by atoms with van der Waals surface area (Å²) in [5.74, 6) is -0.516. The number of fused-ring (bicyclic) bond motifs is 1. The van der Waals surface area contributed by atoms with Crippen LogP contribution >= 0.6 is 0 Å². The van der Waals surface area contributed by atoms with Gasteiger partial charge in [0.25, 0.3) is 5.91 Å². The molecule has 1 amide bonds. The minimum atomic E-state index is -0.339. The maximum atomic E-state index is 12.9. The Balaban J connectivity index is 1.30. The summed E-state index contributed by atoms with van der Waals surface area (Å²) in [5.41, 5.74) is 5.74. The van der Waals surface area contributed by atoms with Crippen molar-refractivity contribution in [1.82, 2.24) is 5.32 Å². The molecular formula is C24H23FN2O. The molecule has 0 spiro atoms. The second-order valence-electron chi connectivity index (χ2n) is 7.12. The van der Waals surface area contributed by atoms with E-state index in [9.17, 15) is 9.18 Å². The summed E-state index contributed by atoms with van der Waals surface area (Å²) in [6, 6.07) is 22.8. The molecule has 3 nitrogen and oxygen atoms in total. The number of amides is 1. The van der Waals surface area contributed by atoms with Gasteiger partial charge in [-0.2, -0.15) is 0 Å². The molecule has 0 aliphatic carbocycles. The van der Waals surface area contributed by atoms with E-state index in [1.54, 1.807) is 0 Å². The predicted octanol–water partition coefficient (Wildman–Crippen LogP) is 4.36. The van der Waals surface area contributed by atoms with E-state index in [2.05, 4.69) is 58.7 Å². The standard InChI is InChI=1S/C24H23FN2O/c25-22-9-7-20(8-10-22)24(28)26-15-13-18-5-11-23(12-6-18)27-16-14-19-3-1-2-4-21(19)17-27/h1-12H,13-17H2,(H,26,28). The first kappa shape index (κ1) is 18.2. The zero-order valence-electron chi connectivity index (χ0n) is 15.7. The zero-order valence-corrected chi connectivity index (χ0v) is 15.7. The number of hydrogen-bond acceptors (Lipinski definition) is 2. The number of anilines is 1. The van der Waals surface area contributed by atoms with Crippen LogP contribution in [0.1, 0.15) is 27.0 Å². The normalized spacial score (nSPS) is 13.1. The van der Waals surface area contributed by atoms with Gasteiger partial charge in [-0.25, -0.2) is 4.39 Å². The molecule has 0 saturated heterocycles. The molecule has 0 saturated carbocycles. The first-order valence-electron chi connectivity index (χ1n) is 9.63. The first-order chi connectivity index (χ1) is 13.7. The predicted molar refractivity (Wildman–Crippen MR) is 110 cm³/mol. The summed E-state index contributed by atoms with van der Waals surface area (Å²) in [4.78, 5) is 14.5.